The zero-order valence-electron chi connectivity index (χ0n) is 12.5. The van der Waals surface area contributed by atoms with E-state index in [0.717, 1.165) is 12.1 Å². The molecule has 136 valence electrons. The summed E-state index contributed by atoms with van der Waals surface area (Å²) in [5.41, 5.74) is 0.254. The van der Waals surface area contributed by atoms with Crippen LogP contribution in [0.4, 0.5) is 8.78 Å². The minimum absolute atomic E-state index is 0.142. The van der Waals surface area contributed by atoms with Crippen molar-refractivity contribution in [2.75, 3.05) is 0 Å². The molecule has 0 aliphatic rings. The van der Waals surface area contributed by atoms with Gasteiger partial charge in [-0.2, -0.15) is 12.8 Å². The zero-order valence-corrected chi connectivity index (χ0v) is 14.9. The van der Waals surface area contributed by atoms with E-state index in [0.29, 0.717) is 10.0 Å². The molecule has 0 bridgehead atoms. The van der Waals surface area contributed by atoms with Crippen molar-refractivity contribution in [2.45, 2.75) is 0 Å². The van der Waals surface area contributed by atoms with Crippen LogP contribution in [0, 0.1) is 11.6 Å². The average Bonchev–Trinajstić information content (AvgIpc) is 2.93. The number of aromatic hydroxyl groups is 1. The van der Waals surface area contributed by atoms with Gasteiger partial charge in [0.1, 0.15) is 11.3 Å². The van der Waals surface area contributed by atoms with E-state index in [2.05, 4.69) is 31.7 Å². The number of hydrogen-bond donors (Lipinski definition) is 2. The molecule has 0 unspecified atom stereocenters. The highest BCUT2D eigenvalue weighted by Crippen LogP contribution is 2.36. The highest BCUT2D eigenvalue weighted by molar-refractivity contribution is 9.15. The number of nitrogens with zero attached hydrogens (tertiary/aromatic N) is 1. The number of fused-ring (bicyclic) bond motifs is 1. The summed E-state index contributed by atoms with van der Waals surface area (Å²) in [6.07, 6.45) is 0. The molecule has 11 heteroatoms. The van der Waals surface area contributed by atoms with Crippen molar-refractivity contribution in [1.29, 1.82) is 0 Å². The lowest BCUT2D eigenvalue weighted by Crippen LogP contribution is -2.08. The third kappa shape index (κ3) is 3.41. The van der Waals surface area contributed by atoms with E-state index in [-0.39, 0.29) is 22.7 Å². The van der Waals surface area contributed by atoms with Crippen molar-refractivity contribution in [3.05, 3.63) is 48.0 Å². The van der Waals surface area contributed by atoms with Crippen LogP contribution in [-0.4, -0.2) is 23.1 Å². The second kappa shape index (κ2) is 6.34. The largest absolute Gasteiger partial charge is 0.508 e. The third-order valence-corrected chi connectivity index (χ3v) is 4.06. The highest BCUT2D eigenvalue weighted by atomic mass is 79.9. The Morgan fingerprint density at radius 1 is 1.27 bits per heavy atom. The Balaban J connectivity index is 2.17. The van der Waals surface area contributed by atoms with Crippen LogP contribution in [-0.2, 0) is 10.4 Å². The fourth-order valence-electron chi connectivity index (χ4n) is 2.21. The van der Waals surface area contributed by atoms with Crippen molar-refractivity contribution < 1.29 is 35.5 Å². The first-order valence-electron chi connectivity index (χ1n) is 6.70. The lowest BCUT2D eigenvalue weighted by molar-refractivity contribution is 0.371. The quantitative estimate of drug-likeness (QED) is 0.580. The molecule has 0 fully saturated rings. The normalized spacial score (nSPS) is 11.7. The first-order valence-corrected chi connectivity index (χ1v) is 8.86. The average molecular weight is 448 g/mol. The van der Waals surface area contributed by atoms with Crippen LogP contribution < -0.4 is 4.18 Å². The Labute approximate surface area is 153 Å². The number of oxazole rings is 1. The molecule has 7 nitrogen and oxygen atoms in total. The minimum Gasteiger partial charge on any atom is -0.508 e. The Hall–Kier alpha value is -2.50. The van der Waals surface area contributed by atoms with Gasteiger partial charge in [-0.1, -0.05) is 22.5 Å². The first-order chi connectivity index (χ1) is 12.1. The van der Waals surface area contributed by atoms with Gasteiger partial charge < -0.3 is 13.7 Å². The summed E-state index contributed by atoms with van der Waals surface area (Å²) >= 11 is 3.14. The van der Waals surface area contributed by atoms with Gasteiger partial charge in [0.2, 0.25) is 11.7 Å². The second-order valence-electron chi connectivity index (χ2n) is 5.02. The van der Waals surface area contributed by atoms with E-state index in [1.54, 1.807) is 0 Å². The molecule has 3 rings (SSSR count). The van der Waals surface area contributed by atoms with Crippen molar-refractivity contribution >= 4 is 41.9 Å². The molecule has 3 aromatic rings. The number of rotatable bonds is 4. The Morgan fingerprint density at radius 2 is 1.96 bits per heavy atom. The Morgan fingerprint density at radius 3 is 2.58 bits per heavy atom. The van der Waals surface area contributed by atoms with Crippen LogP contribution in [0.5, 0.6) is 11.5 Å². The van der Waals surface area contributed by atoms with E-state index < -0.39 is 33.3 Å². The molecule has 0 aliphatic heterocycles. The third-order valence-electron chi connectivity index (χ3n) is 3.24. The molecule has 2 N–H and O–H groups in total. The number of phenolic OH excluding ortho intramolecular Hbond substituents is 1. The number of halogens is 3. The SMILES string of the molecule is C=C(Br)c1cc(O)cc2nc(-c3ccc(OS(=O)(=O)O)c(F)c3F)oc12. The zero-order chi connectivity index (χ0) is 19.2. The maximum atomic E-state index is 14.3. The fraction of sp³-hybridized carbons (Fsp3) is 0. The second-order valence-corrected chi connectivity index (χ2v) is 7.00. The fourth-order valence-corrected chi connectivity index (χ4v) is 2.86. The molecule has 0 aliphatic carbocycles. The molecule has 0 saturated carbocycles. The van der Waals surface area contributed by atoms with Crippen molar-refractivity contribution in [3.63, 3.8) is 0 Å². The van der Waals surface area contributed by atoms with Gasteiger partial charge in [0.25, 0.3) is 0 Å². The smallest absolute Gasteiger partial charge is 0.446 e. The van der Waals surface area contributed by atoms with Gasteiger partial charge in [-0.3, -0.25) is 4.55 Å². The van der Waals surface area contributed by atoms with E-state index in [4.69, 9.17) is 8.97 Å². The van der Waals surface area contributed by atoms with Crippen LogP contribution in [0.15, 0.2) is 35.3 Å². The standard InChI is InChI=1S/C15H8BrF2NO6S/c1-6(16)9-4-7(20)5-10-14(9)24-15(19-10)8-2-3-11(13(18)12(8)17)25-26(21,22)23/h2-5,20H,1H2,(H,21,22,23). The lowest BCUT2D eigenvalue weighted by atomic mass is 10.2. The maximum Gasteiger partial charge on any atom is 0.446 e. The topological polar surface area (TPSA) is 110 Å². The molecule has 0 amide bonds. The summed E-state index contributed by atoms with van der Waals surface area (Å²) in [5.74, 6) is -4.65. The van der Waals surface area contributed by atoms with Crippen LogP contribution in [0.25, 0.3) is 27.0 Å². The van der Waals surface area contributed by atoms with Gasteiger partial charge in [-0.15, -0.1) is 0 Å². The van der Waals surface area contributed by atoms with Crippen molar-refractivity contribution in [2.24, 2.45) is 0 Å². The van der Waals surface area contributed by atoms with Crippen LogP contribution >= 0.6 is 15.9 Å². The number of phenols is 1. The van der Waals surface area contributed by atoms with Gasteiger partial charge in [0.15, 0.2) is 17.1 Å². The molecule has 0 spiro atoms. The van der Waals surface area contributed by atoms with Crippen molar-refractivity contribution in [1.82, 2.24) is 4.98 Å². The molecule has 0 saturated heterocycles. The van der Waals surface area contributed by atoms with E-state index in [1.165, 1.54) is 12.1 Å². The lowest BCUT2D eigenvalue weighted by Gasteiger charge is -2.05. The van der Waals surface area contributed by atoms with Gasteiger partial charge in [-0.25, -0.2) is 9.37 Å². The van der Waals surface area contributed by atoms with Gasteiger partial charge in [0, 0.05) is 16.1 Å². The Bertz CT molecular complexity index is 1160. The van der Waals surface area contributed by atoms with E-state index in [1.807, 2.05) is 0 Å². The predicted molar refractivity (Wildman–Crippen MR) is 91.2 cm³/mol. The molecule has 0 atom stereocenters. The summed E-state index contributed by atoms with van der Waals surface area (Å²) in [7, 11) is -5.02. The summed E-state index contributed by atoms with van der Waals surface area (Å²) < 4.78 is 67.9. The van der Waals surface area contributed by atoms with Gasteiger partial charge in [-0.05, 0) is 18.2 Å². The summed E-state index contributed by atoms with van der Waals surface area (Å²) in [6, 6.07) is 4.35. The maximum absolute atomic E-state index is 14.3. The molecule has 26 heavy (non-hydrogen) atoms. The number of benzene rings is 2. The van der Waals surface area contributed by atoms with E-state index in [9.17, 15) is 22.3 Å². The number of aromatic nitrogens is 1. The predicted octanol–water partition coefficient (Wildman–Crippen LogP) is 4.03. The first kappa shape index (κ1) is 18.3. The van der Waals surface area contributed by atoms with Crippen molar-refractivity contribution in [3.8, 4) is 23.0 Å². The van der Waals surface area contributed by atoms with Crippen LogP contribution in [0.1, 0.15) is 5.56 Å². The highest BCUT2D eigenvalue weighted by Gasteiger charge is 2.23. The van der Waals surface area contributed by atoms with E-state index >= 15 is 0 Å². The summed E-state index contributed by atoms with van der Waals surface area (Å²) in [5, 5.41) is 9.71. The molecule has 1 aromatic heterocycles. The van der Waals surface area contributed by atoms with Gasteiger partial charge >= 0.3 is 10.4 Å². The minimum atomic E-state index is -5.02. The van der Waals surface area contributed by atoms with Crippen LogP contribution in [0.2, 0.25) is 0 Å². The van der Waals surface area contributed by atoms with Gasteiger partial charge in [0.05, 0.1) is 5.56 Å². The monoisotopic (exact) mass is 447 g/mol. The molecule has 2 aromatic carbocycles. The molecule has 0 radical (unpaired) electrons. The summed E-state index contributed by atoms with van der Waals surface area (Å²) in [6.45, 7) is 3.66. The van der Waals surface area contributed by atoms with Crippen LogP contribution in [0.3, 0.4) is 0 Å². The molecular weight excluding hydrogens is 440 g/mol. The molecular formula is C15H8BrF2NO6S. The molecule has 1 heterocycles. The number of hydrogen-bond acceptors (Lipinski definition) is 6. The summed E-state index contributed by atoms with van der Waals surface area (Å²) in [4.78, 5) is 3.99. The Kier molecular flexibility index (Phi) is 4.46.